The Kier molecular flexibility index (Phi) is 5.09. The third-order valence-electron chi connectivity index (χ3n) is 4.15. The molecule has 2 aromatic carbocycles. The van der Waals surface area contributed by atoms with Crippen molar-refractivity contribution in [1.82, 2.24) is 9.88 Å². The zero-order valence-corrected chi connectivity index (χ0v) is 14.8. The lowest BCUT2D eigenvalue weighted by Gasteiger charge is -2.25. The molecule has 0 radical (unpaired) electrons. The minimum atomic E-state index is -0.510. The van der Waals surface area contributed by atoms with Crippen LogP contribution < -0.4 is 0 Å². The topological polar surface area (TPSA) is 59.5 Å². The molecule has 0 bridgehead atoms. The van der Waals surface area contributed by atoms with Gasteiger partial charge in [0.2, 0.25) is 0 Å². The predicted molar refractivity (Wildman–Crippen MR) is 97.5 cm³/mol. The SMILES string of the molecule is CC(c1ccccc1)N(C)C(=O)COC(=O)c1ccc2ncsc2c1. The number of thiazole rings is 1. The van der Waals surface area contributed by atoms with Crippen molar-refractivity contribution in [2.45, 2.75) is 13.0 Å². The van der Waals surface area contributed by atoms with Gasteiger partial charge in [-0.3, -0.25) is 4.79 Å². The Hall–Kier alpha value is -2.73. The molecule has 1 aromatic heterocycles. The number of likely N-dealkylation sites (N-methyl/N-ethyl adjacent to an activating group) is 1. The van der Waals surface area contributed by atoms with Gasteiger partial charge in [0, 0.05) is 7.05 Å². The van der Waals surface area contributed by atoms with E-state index in [-0.39, 0.29) is 18.6 Å². The highest BCUT2D eigenvalue weighted by Crippen LogP contribution is 2.20. The minimum Gasteiger partial charge on any atom is -0.452 e. The number of fused-ring (bicyclic) bond motifs is 1. The summed E-state index contributed by atoms with van der Waals surface area (Å²) in [5.74, 6) is -0.756. The molecule has 1 heterocycles. The third-order valence-corrected chi connectivity index (χ3v) is 4.94. The maximum absolute atomic E-state index is 12.3. The van der Waals surface area contributed by atoms with E-state index in [0.29, 0.717) is 5.56 Å². The Bertz CT molecular complexity index is 892. The lowest BCUT2D eigenvalue weighted by molar-refractivity contribution is -0.135. The second-order valence-electron chi connectivity index (χ2n) is 5.70. The zero-order valence-electron chi connectivity index (χ0n) is 14.0. The van der Waals surface area contributed by atoms with Crippen molar-refractivity contribution in [2.24, 2.45) is 0 Å². The highest BCUT2D eigenvalue weighted by atomic mass is 32.1. The molecule has 1 amide bonds. The van der Waals surface area contributed by atoms with Crippen molar-refractivity contribution in [2.75, 3.05) is 13.7 Å². The molecule has 5 nitrogen and oxygen atoms in total. The number of carbonyl (C=O) groups excluding carboxylic acids is 2. The average Bonchev–Trinajstić information content (AvgIpc) is 3.13. The molecule has 1 atom stereocenters. The van der Waals surface area contributed by atoms with Crippen LogP contribution in [0.15, 0.2) is 54.0 Å². The van der Waals surface area contributed by atoms with Crippen molar-refractivity contribution >= 4 is 33.4 Å². The summed E-state index contributed by atoms with van der Waals surface area (Å²) >= 11 is 1.46. The van der Waals surface area contributed by atoms with Gasteiger partial charge in [0.15, 0.2) is 6.61 Å². The molecule has 0 spiro atoms. The van der Waals surface area contributed by atoms with E-state index < -0.39 is 5.97 Å². The van der Waals surface area contributed by atoms with Gasteiger partial charge in [0.1, 0.15) is 0 Å². The quantitative estimate of drug-likeness (QED) is 0.656. The van der Waals surface area contributed by atoms with Crippen LogP contribution in [0.2, 0.25) is 0 Å². The van der Waals surface area contributed by atoms with Gasteiger partial charge in [-0.05, 0) is 30.7 Å². The van der Waals surface area contributed by atoms with Gasteiger partial charge in [-0.25, -0.2) is 9.78 Å². The molecule has 3 aromatic rings. The van der Waals surface area contributed by atoms with Crippen LogP contribution in [0.1, 0.15) is 28.9 Å². The fourth-order valence-electron chi connectivity index (χ4n) is 2.47. The molecule has 0 aliphatic heterocycles. The molecule has 1 unspecified atom stereocenters. The Morgan fingerprint density at radius 2 is 1.96 bits per heavy atom. The Morgan fingerprint density at radius 3 is 2.72 bits per heavy atom. The number of carbonyl (C=O) groups is 2. The van der Waals surface area contributed by atoms with Gasteiger partial charge in [0.05, 0.1) is 27.3 Å². The fourth-order valence-corrected chi connectivity index (χ4v) is 3.18. The molecular formula is C19H18N2O3S. The Labute approximate surface area is 149 Å². The van der Waals surface area contributed by atoms with Crippen LogP contribution >= 0.6 is 11.3 Å². The van der Waals surface area contributed by atoms with E-state index in [9.17, 15) is 9.59 Å². The number of esters is 1. The maximum atomic E-state index is 12.3. The average molecular weight is 354 g/mol. The number of nitrogens with zero attached hydrogens (tertiary/aromatic N) is 2. The second-order valence-corrected chi connectivity index (χ2v) is 6.59. The van der Waals surface area contributed by atoms with Crippen molar-refractivity contribution in [1.29, 1.82) is 0 Å². The number of rotatable bonds is 5. The van der Waals surface area contributed by atoms with Crippen LogP contribution in [-0.4, -0.2) is 35.4 Å². The molecule has 0 saturated carbocycles. The van der Waals surface area contributed by atoms with E-state index in [2.05, 4.69) is 4.98 Å². The van der Waals surface area contributed by atoms with E-state index in [1.165, 1.54) is 11.3 Å². The van der Waals surface area contributed by atoms with Crippen molar-refractivity contribution in [3.8, 4) is 0 Å². The predicted octanol–water partition coefficient (Wildman–Crippen LogP) is 3.67. The molecule has 0 aliphatic rings. The lowest BCUT2D eigenvalue weighted by Crippen LogP contribution is -2.33. The summed E-state index contributed by atoms with van der Waals surface area (Å²) in [5, 5.41) is 0. The minimum absolute atomic E-state index is 0.0963. The molecule has 0 N–H and O–H groups in total. The van der Waals surface area contributed by atoms with Crippen LogP contribution in [0.3, 0.4) is 0 Å². The summed E-state index contributed by atoms with van der Waals surface area (Å²) in [6.45, 7) is 1.65. The molecular weight excluding hydrogens is 336 g/mol. The number of hydrogen-bond donors (Lipinski definition) is 0. The molecule has 0 aliphatic carbocycles. The number of amides is 1. The van der Waals surface area contributed by atoms with Crippen molar-refractivity contribution in [3.63, 3.8) is 0 Å². The van der Waals surface area contributed by atoms with E-state index in [4.69, 9.17) is 4.74 Å². The van der Waals surface area contributed by atoms with E-state index in [0.717, 1.165) is 15.8 Å². The Morgan fingerprint density at radius 1 is 1.20 bits per heavy atom. The largest absolute Gasteiger partial charge is 0.452 e. The first-order valence-electron chi connectivity index (χ1n) is 7.87. The van der Waals surface area contributed by atoms with E-state index >= 15 is 0 Å². The van der Waals surface area contributed by atoms with Crippen molar-refractivity contribution < 1.29 is 14.3 Å². The highest BCUT2D eigenvalue weighted by molar-refractivity contribution is 7.16. The Balaban J connectivity index is 1.60. The summed E-state index contributed by atoms with van der Waals surface area (Å²) in [5.41, 5.74) is 4.01. The van der Waals surface area contributed by atoms with Gasteiger partial charge in [-0.2, -0.15) is 0 Å². The van der Waals surface area contributed by atoms with Gasteiger partial charge >= 0.3 is 5.97 Å². The van der Waals surface area contributed by atoms with Crippen LogP contribution in [0.4, 0.5) is 0 Å². The van der Waals surface area contributed by atoms with Crippen molar-refractivity contribution in [3.05, 3.63) is 65.2 Å². The summed E-state index contributed by atoms with van der Waals surface area (Å²) in [4.78, 5) is 30.2. The molecule has 25 heavy (non-hydrogen) atoms. The summed E-state index contributed by atoms with van der Waals surface area (Å²) < 4.78 is 6.09. The third kappa shape index (κ3) is 3.85. The standard InChI is InChI=1S/C19H18N2O3S/c1-13(14-6-4-3-5-7-14)21(2)18(22)11-24-19(23)15-8-9-16-17(10-15)25-12-20-16/h3-10,12-13H,11H2,1-2H3. The van der Waals surface area contributed by atoms with Crippen LogP contribution in [0.5, 0.6) is 0 Å². The first-order valence-corrected chi connectivity index (χ1v) is 8.75. The van der Waals surface area contributed by atoms with Gasteiger partial charge in [-0.15, -0.1) is 11.3 Å². The molecule has 6 heteroatoms. The fraction of sp³-hybridized carbons (Fsp3) is 0.211. The summed E-state index contributed by atoms with van der Waals surface area (Å²) in [6.07, 6.45) is 0. The van der Waals surface area contributed by atoms with Gasteiger partial charge < -0.3 is 9.64 Å². The summed E-state index contributed by atoms with van der Waals surface area (Å²) in [6, 6.07) is 14.8. The maximum Gasteiger partial charge on any atom is 0.338 e. The van der Waals surface area contributed by atoms with Crippen LogP contribution in [0, 0.1) is 0 Å². The summed E-state index contributed by atoms with van der Waals surface area (Å²) in [7, 11) is 1.71. The van der Waals surface area contributed by atoms with Crippen LogP contribution in [-0.2, 0) is 9.53 Å². The zero-order chi connectivity index (χ0) is 17.8. The van der Waals surface area contributed by atoms with Gasteiger partial charge in [0.25, 0.3) is 5.91 Å². The normalized spacial score (nSPS) is 11.9. The smallest absolute Gasteiger partial charge is 0.338 e. The van der Waals surface area contributed by atoms with E-state index in [1.807, 2.05) is 37.3 Å². The number of benzene rings is 2. The number of hydrogen-bond acceptors (Lipinski definition) is 5. The van der Waals surface area contributed by atoms with E-state index in [1.54, 1.807) is 35.7 Å². The monoisotopic (exact) mass is 354 g/mol. The molecule has 0 saturated heterocycles. The first-order chi connectivity index (χ1) is 12.1. The molecule has 0 fully saturated rings. The molecule has 128 valence electrons. The second kappa shape index (κ2) is 7.44. The number of ether oxygens (including phenoxy) is 1. The van der Waals surface area contributed by atoms with Crippen LogP contribution in [0.25, 0.3) is 10.2 Å². The highest BCUT2D eigenvalue weighted by Gasteiger charge is 2.19. The van der Waals surface area contributed by atoms with Gasteiger partial charge in [-0.1, -0.05) is 30.3 Å². The lowest BCUT2D eigenvalue weighted by atomic mass is 10.1. The first kappa shape index (κ1) is 17.1. The number of aromatic nitrogens is 1. The molecule has 3 rings (SSSR count).